The Labute approximate surface area is 114 Å². The summed E-state index contributed by atoms with van der Waals surface area (Å²) in [7, 11) is 0. The van der Waals surface area contributed by atoms with Gasteiger partial charge < -0.3 is 0 Å². The summed E-state index contributed by atoms with van der Waals surface area (Å²) in [6.45, 7) is 2.17. The molecule has 2 aromatic rings. The van der Waals surface area contributed by atoms with Crippen LogP contribution in [0.25, 0.3) is 5.69 Å². The van der Waals surface area contributed by atoms with Gasteiger partial charge in [0, 0.05) is 17.3 Å². The summed E-state index contributed by atoms with van der Waals surface area (Å²) in [6.07, 6.45) is 6.06. The molecule has 1 aromatic carbocycles. The molecule has 0 radical (unpaired) electrons. The first kappa shape index (κ1) is 13.2. The van der Waals surface area contributed by atoms with Crippen molar-refractivity contribution in [3.63, 3.8) is 0 Å². The number of hydrogen-bond acceptors (Lipinski definition) is 1. The van der Waals surface area contributed by atoms with E-state index < -0.39 is 0 Å². The molecule has 0 saturated heterocycles. The van der Waals surface area contributed by atoms with E-state index in [4.69, 9.17) is 11.6 Å². The molecule has 3 heteroatoms. The minimum Gasteiger partial charge on any atom is -0.238 e. The van der Waals surface area contributed by atoms with Gasteiger partial charge in [0.15, 0.2) is 0 Å². The van der Waals surface area contributed by atoms with Crippen molar-refractivity contribution in [1.29, 1.82) is 0 Å². The number of hydrogen-bond donors (Lipinski definition) is 0. The minimum atomic E-state index is 0.272. The summed E-state index contributed by atoms with van der Waals surface area (Å²) in [4.78, 5) is 0. The molecule has 1 aromatic heterocycles. The third-order valence-electron chi connectivity index (χ3n) is 3.04. The van der Waals surface area contributed by atoms with Gasteiger partial charge in [-0.3, -0.25) is 0 Å². The molecular weight excluding hydrogens is 244 g/mol. The number of benzene rings is 1. The number of halogens is 1. The maximum Gasteiger partial charge on any atom is 0.0648 e. The van der Waals surface area contributed by atoms with Crippen LogP contribution < -0.4 is 0 Å². The summed E-state index contributed by atoms with van der Waals surface area (Å²) in [5.74, 6) is 0. The molecule has 0 aliphatic rings. The summed E-state index contributed by atoms with van der Waals surface area (Å²) < 4.78 is 2.00. The highest BCUT2D eigenvalue weighted by Gasteiger charge is 2.08. The SMILES string of the molecule is CCCC(Cl)CCc1ccnn1-c1ccccc1. The normalized spacial score (nSPS) is 12.6. The fraction of sp³-hybridized carbons (Fsp3) is 0.400. The van der Waals surface area contributed by atoms with Gasteiger partial charge in [-0.2, -0.15) is 5.10 Å². The average molecular weight is 263 g/mol. The maximum atomic E-state index is 6.27. The summed E-state index contributed by atoms with van der Waals surface area (Å²) in [5, 5.41) is 4.66. The Kier molecular flexibility index (Phi) is 4.82. The van der Waals surface area contributed by atoms with E-state index in [2.05, 4.69) is 30.2 Å². The van der Waals surface area contributed by atoms with Crippen molar-refractivity contribution in [1.82, 2.24) is 9.78 Å². The van der Waals surface area contributed by atoms with E-state index in [1.807, 2.05) is 29.1 Å². The third-order valence-corrected chi connectivity index (χ3v) is 3.47. The molecule has 2 rings (SSSR count). The van der Waals surface area contributed by atoms with Crippen LogP contribution in [0.1, 0.15) is 31.9 Å². The lowest BCUT2D eigenvalue weighted by atomic mass is 10.1. The largest absolute Gasteiger partial charge is 0.238 e. The Bertz CT molecular complexity index is 464. The Hall–Kier alpha value is -1.28. The van der Waals surface area contributed by atoms with Gasteiger partial charge in [0.2, 0.25) is 0 Å². The van der Waals surface area contributed by atoms with Gasteiger partial charge in [0.1, 0.15) is 0 Å². The first-order chi connectivity index (χ1) is 8.81. The van der Waals surface area contributed by atoms with E-state index in [1.54, 1.807) is 0 Å². The molecule has 0 bridgehead atoms. The van der Waals surface area contributed by atoms with Crippen LogP contribution in [0, 0.1) is 0 Å². The molecule has 1 atom stereocenters. The number of aryl methyl sites for hydroxylation is 1. The molecule has 96 valence electrons. The van der Waals surface area contributed by atoms with Crippen LogP contribution in [0.3, 0.4) is 0 Å². The van der Waals surface area contributed by atoms with E-state index in [0.717, 1.165) is 31.4 Å². The number of rotatable bonds is 6. The molecule has 0 aliphatic carbocycles. The van der Waals surface area contributed by atoms with Crippen LogP contribution in [0.2, 0.25) is 0 Å². The second kappa shape index (κ2) is 6.60. The highest BCUT2D eigenvalue weighted by atomic mass is 35.5. The predicted molar refractivity (Wildman–Crippen MR) is 76.4 cm³/mol. The van der Waals surface area contributed by atoms with Crippen molar-refractivity contribution in [3.05, 3.63) is 48.3 Å². The smallest absolute Gasteiger partial charge is 0.0648 e. The summed E-state index contributed by atoms with van der Waals surface area (Å²) in [6, 6.07) is 12.3. The van der Waals surface area contributed by atoms with Gasteiger partial charge in [-0.05, 0) is 37.5 Å². The second-order valence-corrected chi connectivity index (χ2v) is 5.11. The lowest BCUT2D eigenvalue weighted by Crippen LogP contribution is -2.05. The zero-order chi connectivity index (χ0) is 12.8. The van der Waals surface area contributed by atoms with Crippen LogP contribution in [-0.2, 0) is 6.42 Å². The monoisotopic (exact) mass is 262 g/mol. The van der Waals surface area contributed by atoms with Crippen molar-refractivity contribution in [3.8, 4) is 5.69 Å². The second-order valence-electron chi connectivity index (χ2n) is 4.49. The first-order valence-corrected chi connectivity index (χ1v) is 6.97. The van der Waals surface area contributed by atoms with E-state index in [1.165, 1.54) is 5.69 Å². The van der Waals surface area contributed by atoms with Gasteiger partial charge in [-0.15, -0.1) is 11.6 Å². The number of nitrogens with zero attached hydrogens (tertiary/aromatic N) is 2. The Morgan fingerprint density at radius 1 is 1.17 bits per heavy atom. The van der Waals surface area contributed by atoms with Crippen molar-refractivity contribution < 1.29 is 0 Å². The number of para-hydroxylation sites is 1. The van der Waals surface area contributed by atoms with Crippen LogP contribution in [0.15, 0.2) is 42.6 Å². The quantitative estimate of drug-likeness (QED) is 0.713. The van der Waals surface area contributed by atoms with E-state index >= 15 is 0 Å². The van der Waals surface area contributed by atoms with E-state index in [0.29, 0.717) is 0 Å². The highest BCUT2D eigenvalue weighted by molar-refractivity contribution is 6.20. The van der Waals surface area contributed by atoms with Gasteiger partial charge in [0.25, 0.3) is 0 Å². The molecule has 1 unspecified atom stereocenters. The fourth-order valence-electron chi connectivity index (χ4n) is 2.08. The standard InChI is InChI=1S/C15H19ClN2/c1-2-6-13(16)9-10-15-11-12-17-18(15)14-7-4-3-5-8-14/h3-5,7-8,11-13H,2,6,9-10H2,1H3. The summed E-state index contributed by atoms with van der Waals surface area (Å²) in [5.41, 5.74) is 2.34. The topological polar surface area (TPSA) is 17.8 Å². The molecule has 18 heavy (non-hydrogen) atoms. The van der Waals surface area contributed by atoms with Crippen LogP contribution in [0.4, 0.5) is 0 Å². The van der Waals surface area contributed by atoms with Crippen molar-refractivity contribution in [2.45, 2.75) is 38.0 Å². The average Bonchev–Trinajstić information content (AvgIpc) is 2.86. The minimum absolute atomic E-state index is 0.272. The highest BCUT2D eigenvalue weighted by Crippen LogP contribution is 2.16. The molecule has 0 aliphatic heterocycles. The molecule has 0 fully saturated rings. The van der Waals surface area contributed by atoms with E-state index in [-0.39, 0.29) is 5.38 Å². The first-order valence-electron chi connectivity index (χ1n) is 6.53. The third kappa shape index (κ3) is 3.36. The Balaban J connectivity index is 2.05. The lowest BCUT2D eigenvalue weighted by molar-refractivity contribution is 0.656. The van der Waals surface area contributed by atoms with Crippen molar-refractivity contribution in [2.24, 2.45) is 0 Å². The maximum absolute atomic E-state index is 6.27. The summed E-state index contributed by atoms with van der Waals surface area (Å²) >= 11 is 6.27. The Morgan fingerprint density at radius 3 is 2.67 bits per heavy atom. The zero-order valence-electron chi connectivity index (χ0n) is 10.7. The van der Waals surface area contributed by atoms with Gasteiger partial charge in [-0.25, -0.2) is 4.68 Å². The van der Waals surface area contributed by atoms with E-state index in [9.17, 15) is 0 Å². The molecule has 0 spiro atoms. The van der Waals surface area contributed by atoms with Gasteiger partial charge in [0.05, 0.1) is 5.69 Å². The molecular formula is C15H19ClN2. The number of alkyl halides is 1. The zero-order valence-corrected chi connectivity index (χ0v) is 11.5. The van der Waals surface area contributed by atoms with Crippen LogP contribution >= 0.6 is 11.6 Å². The predicted octanol–water partition coefficient (Wildman–Crippen LogP) is 4.21. The number of aromatic nitrogens is 2. The Morgan fingerprint density at radius 2 is 1.94 bits per heavy atom. The molecule has 0 N–H and O–H groups in total. The van der Waals surface area contributed by atoms with Crippen molar-refractivity contribution in [2.75, 3.05) is 0 Å². The lowest BCUT2D eigenvalue weighted by Gasteiger charge is -2.10. The van der Waals surface area contributed by atoms with Gasteiger partial charge >= 0.3 is 0 Å². The molecule has 2 nitrogen and oxygen atoms in total. The molecule has 0 amide bonds. The fourth-order valence-corrected chi connectivity index (χ4v) is 2.41. The van der Waals surface area contributed by atoms with Gasteiger partial charge in [-0.1, -0.05) is 31.5 Å². The van der Waals surface area contributed by atoms with Crippen LogP contribution in [0.5, 0.6) is 0 Å². The molecule has 1 heterocycles. The van der Waals surface area contributed by atoms with Crippen molar-refractivity contribution >= 4 is 11.6 Å². The molecule has 0 saturated carbocycles. The van der Waals surface area contributed by atoms with Crippen LogP contribution in [-0.4, -0.2) is 15.2 Å².